The quantitative estimate of drug-likeness (QED) is 0.723. The molecule has 0 atom stereocenters. The molecule has 0 unspecified atom stereocenters. The molecule has 0 aliphatic carbocycles. The molecule has 7 nitrogen and oxygen atoms in total. The predicted molar refractivity (Wildman–Crippen MR) is 85.6 cm³/mol. The predicted octanol–water partition coefficient (Wildman–Crippen LogP) is 0.887. The van der Waals surface area contributed by atoms with Gasteiger partial charge in [0.05, 0.1) is 30.6 Å². The Labute approximate surface area is 131 Å². The third-order valence-corrected chi connectivity index (χ3v) is 4.33. The second kappa shape index (κ2) is 5.20. The summed E-state index contributed by atoms with van der Waals surface area (Å²) in [4.78, 5) is 33.7. The van der Waals surface area contributed by atoms with Gasteiger partial charge in [0.1, 0.15) is 11.0 Å². The highest BCUT2D eigenvalue weighted by Gasteiger charge is 2.23. The summed E-state index contributed by atoms with van der Waals surface area (Å²) < 4.78 is 7.09. The Hall–Kier alpha value is -2.67. The Balaban J connectivity index is 1.99. The smallest absolute Gasteiger partial charge is 0.275 e. The number of fused-ring (bicyclic) bond motifs is 3. The van der Waals surface area contributed by atoms with Crippen molar-refractivity contribution in [1.29, 1.82) is 0 Å². The van der Waals surface area contributed by atoms with Crippen molar-refractivity contribution in [2.75, 3.05) is 26.3 Å². The zero-order valence-electron chi connectivity index (χ0n) is 12.7. The van der Waals surface area contributed by atoms with Crippen LogP contribution < -0.4 is 5.56 Å². The number of hydrogen-bond acceptors (Lipinski definition) is 4. The fourth-order valence-corrected chi connectivity index (χ4v) is 3.19. The minimum absolute atomic E-state index is 0.0477. The van der Waals surface area contributed by atoms with Crippen molar-refractivity contribution < 1.29 is 9.53 Å². The topological polar surface area (TPSA) is 80.2 Å². The van der Waals surface area contributed by atoms with Crippen LogP contribution in [-0.4, -0.2) is 51.6 Å². The molecule has 1 fully saturated rings. The molecule has 23 heavy (non-hydrogen) atoms. The van der Waals surface area contributed by atoms with E-state index in [9.17, 15) is 9.59 Å². The fraction of sp³-hybridized carbons (Fsp3) is 0.312. The van der Waals surface area contributed by atoms with Crippen LogP contribution in [-0.2, 0) is 11.8 Å². The van der Waals surface area contributed by atoms with Crippen LogP contribution in [0, 0.1) is 0 Å². The summed E-state index contributed by atoms with van der Waals surface area (Å²) in [7, 11) is 1.81. The standard InChI is InChI=1S/C16H16N4O3/c1-19-11-4-2-3-10(16(22)20-5-7-23-8-6-20)12(11)13-14(19)15(21)18-9-17-13/h2-4,9H,5-8H2,1H3,(H,17,18,21). The van der Waals surface area contributed by atoms with Crippen LogP contribution in [0.2, 0.25) is 0 Å². The fourth-order valence-electron chi connectivity index (χ4n) is 3.19. The van der Waals surface area contributed by atoms with E-state index in [1.165, 1.54) is 6.33 Å². The van der Waals surface area contributed by atoms with Gasteiger partial charge < -0.3 is 19.2 Å². The zero-order chi connectivity index (χ0) is 16.0. The molecule has 0 saturated carbocycles. The van der Waals surface area contributed by atoms with Gasteiger partial charge in [-0.3, -0.25) is 9.59 Å². The SMILES string of the molecule is Cn1c2cccc(C(=O)N3CCOCC3)c2c2nc[nH]c(=O)c21. The molecule has 7 heteroatoms. The summed E-state index contributed by atoms with van der Waals surface area (Å²) >= 11 is 0. The molecule has 1 saturated heterocycles. The van der Waals surface area contributed by atoms with Gasteiger partial charge in [-0.1, -0.05) is 6.07 Å². The number of carbonyl (C=O) groups is 1. The van der Waals surface area contributed by atoms with Crippen molar-refractivity contribution in [2.24, 2.45) is 7.05 Å². The Morgan fingerprint density at radius 2 is 2.09 bits per heavy atom. The summed E-state index contributed by atoms with van der Waals surface area (Å²) in [6, 6.07) is 5.53. The van der Waals surface area contributed by atoms with Crippen molar-refractivity contribution in [3.05, 3.63) is 40.4 Å². The summed E-state index contributed by atoms with van der Waals surface area (Å²) in [5.74, 6) is -0.0477. The third-order valence-electron chi connectivity index (χ3n) is 4.33. The first-order chi connectivity index (χ1) is 11.2. The van der Waals surface area contributed by atoms with Gasteiger partial charge in [0.25, 0.3) is 11.5 Å². The number of aromatic nitrogens is 3. The molecule has 1 aromatic carbocycles. The summed E-state index contributed by atoms with van der Waals surface area (Å²) in [5, 5.41) is 0.729. The van der Waals surface area contributed by atoms with E-state index >= 15 is 0 Å². The van der Waals surface area contributed by atoms with E-state index in [4.69, 9.17) is 4.74 Å². The second-order valence-corrected chi connectivity index (χ2v) is 5.59. The summed E-state index contributed by atoms with van der Waals surface area (Å²) in [6.45, 7) is 2.26. The van der Waals surface area contributed by atoms with Crippen LogP contribution in [0.25, 0.3) is 21.9 Å². The van der Waals surface area contributed by atoms with Gasteiger partial charge in [-0.15, -0.1) is 0 Å². The summed E-state index contributed by atoms with van der Waals surface area (Å²) in [6.07, 6.45) is 1.38. The van der Waals surface area contributed by atoms with Gasteiger partial charge in [0.2, 0.25) is 0 Å². The maximum atomic E-state index is 12.9. The van der Waals surface area contributed by atoms with Crippen molar-refractivity contribution >= 4 is 27.8 Å². The van der Waals surface area contributed by atoms with Crippen LogP contribution in [0.4, 0.5) is 0 Å². The van der Waals surface area contributed by atoms with Gasteiger partial charge in [-0.2, -0.15) is 0 Å². The number of rotatable bonds is 1. The number of nitrogens with zero attached hydrogens (tertiary/aromatic N) is 3. The first-order valence-corrected chi connectivity index (χ1v) is 7.50. The number of carbonyl (C=O) groups excluding carboxylic acids is 1. The van der Waals surface area contributed by atoms with Gasteiger partial charge in [0, 0.05) is 25.5 Å². The van der Waals surface area contributed by atoms with Gasteiger partial charge in [0.15, 0.2) is 0 Å². The van der Waals surface area contributed by atoms with Crippen molar-refractivity contribution in [3.63, 3.8) is 0 Å². The largest absolute Gasteiger partial charge is 0.378 e. The lowest BCUT2D eigenvalue weighted by Crippen LogP contribution is -2.40. The average Bonchev–Trinajstić information content (AvgIpc) is 2.89. The number of benzene rings is 1. The monoisotopic (exact) mass is 312 g/mol. The molecule has 1 aliphatic heterocycles. The lowest BCUT2D eigenvalue weighted by atomic mass is 10.1. The first kappa shape index (κ1) is 14.0. The second-order valence-electron chi connectivity index (χ2n) is 5.59. The molecule has 3 heterocycles. The van der Waals surface area contributed by atoms with E-state index in [0.29, 0.717) is 42.9 Å². The van der Waals surface area contributed by atoms with Gasteiger partial charge in [-0.05, 0) is 12.1 Å². The molecule has 0 radical (unpaired) electrons. The molecule has 3 aromatic rings. The molecular weight excluding hydrogens is 296 g/mol. The number of amides is 1. The van der Waals surface area contributed by atoms with Crippen LogP contribution in [0.1, 0.15) is 10.4 Å². The van der Waals surface area contributed by atoms with E-state index in [0.717, 1.165) is 10.9 Å². The van der Waals surface area contributed by atoms with E-state index in [2.05, 4.69) is 9.97 Å². The number of H-pyrrole nitrogens is 1. The highest BCUT2D eigenvalue weighted by Crippen LogP contribution is 2.28. The number of aryl methyl sites for hydroxylation is 1. The summed E-state index contributed by atoms with van der Waals surface area (Å²) in [5.41, 5.74) is 2.23. The van der Waals surface area contributed by atoms with Crippen molar-refractivity contribution in [2.45, 2.75) is 0 Å². The molecule has 1 amide bonds. The van der Waals surface area contributed by atoms with E-state index in [1.807, 2.05) is 19.2 Å². The number of nitrogens with one attached hydrogen (secondary N) is 1. The van der Waals surface area contributed by atoms with Crippen molar-refractivity contribution in [1.82, 2.24) is 19.4 Å². The Kier molecular flexibility index (Phi) is 3.16. The number of aromatic amines is 1. The van der Waals surface area contributed by atoms with Crippen LogP contribution in [0.15, 0.2) is 29.3 Å². The lowest BCUT2D eigenvalue weighted by Gasteiger charge is -2.27. The van der Waals surface area contributed by atoms with E-state index in [-0.39, 0.29) is 11.5 Å². The molecule has 4 rings (SSSR count). The normalized spacial score (nSPS) is 15.4. The maximum Gasteiger partial charge on any atom is 0.275 e. The van der Waals surface area contributed by atoms with Crippen LogP contribution in [0.3, 0.4) is 0 Å². The Bertz CT molecular complexity index is 967. The van der Waals surface area contributed by atoms with Crippen LogP contribution in [0.5, 0.6) is 0 Å². The Morgan fingerprint density at radius 1 is 1.30 bits per heavy atom. The zero-order valence-corrected chi connectivity index (χ0v) is 12.7. The lowest BCUT2D eigenvalue weighted by molar-refractivity contribution is 0.0304. The Morgan fingerprint density at radius 3 is 2.87 bits per heavy atom. The van der Waals surface area contributed by atoms with Gasteiger partial charge in [-0.25, -0.2) is 4.98 Å². The van der Waals surface area contributed by atoms with E-state index in [1.54, 1.807) is 15.5 Å². The third kappa shape index (κ3) is 2.04. The highest BCUT2D eigenvalue weighted by atomic mass is 16.5. The number of ether oxygens (including phenoxy) is 1. The van der Waals surface area contributed by atoms with Gasteiger partial charge >= 0.3 is 0 Å². The molecule has 0 bridgehead atoms. The number of hydrogen-bond donors (Lipinski definition) is 1. The average molecular weight is 312 g/mol. The number of morpholine rings is 1. The van der Waals surface area contributed by atoms with E-state index < -0.39 is 0 Å². The molecule has 1 aliphatic rings. The molecule has 1 N–H and O–H groups in total. The first-order valence-electron chi connectivity index (χ1n) is 7.50. The molecular formula is C16H16N4O3. The van der Waals surface area contributed by atoms with Crippen molar-refractivity contribution in [3.8, 4) is 0 Å². The maximum absolute atomic E-state index is 12.9. The molecule has 118 valence electrons. The highest BCUT2D eigenvalue weighted by molar-refractivity contribution is 6.16. The molecule has 0 spiro atoms. The minimum Gasteiger partial charge on any atom is -0.378 e. The minimum atomic E-state index is -0.210. The van der Waals surface area contributed by atoms with Crippen LogP contribution >= 0.6 is 0 Å². The molecule has 2 aromatic heterocycles.